The van der Waals surface area contributed by atoms with Crippen LogP contribution in [0.1, 0.15) is 27.2 Å². The van der Waals surface area contributed by atoms with Crippen molar-refractivity contribution < 1.29 is 9.53 Å². The average molecular weight is 214 g/mol. The van der Waals surface area contributed by atoms with Crippen LogP contribution in [0.5, 0.6) is 0 Å². The van der Waals surface area contributed by atoms with E-state index in [4.69, 9.17) is 0 Å². The van der Waals surface area contributed by atoms with Gasteiger partial charge in [0.2, 0.25) is 0 Å². The van der Waals surface area contributed by atoms with E-state index in [-0.39, 0.29) is 12.0 Å². The van der Waals surface area contributed by atoms with Crippen LogP contribution in [0.15, 0.2) is 0 Å². The number of nitrogens with one attached hydrogen (secondary N) is 1. The maximum Gasteiger partial charge on any atom is 0.322 e. The van der Waals surface area contributed by atoms with Crippen LogP contribution in [0.3, 0.4) is 0 Å². The third-order valence-corrected chi connectivity index (χ3v) is 2.99. The van der Waals surface area contributed by atoms with E-state index in [2.05, 4.69) is 28.8 Å². The molecule has 1 aliphatic rings. The predicted octanol–water partition coefficient (Wildman–Crippen LogP) is 0.620. The van der Waals surface area contributed by atoms with Gasteiger partial charge in [-0.2, -0.15) is 0 Å². The first-order valence-electron chi connectivity index (χ1n) is 5.62. The summed E-state index contributed by atoms with van der Waals surface area (Å²) < 4.78 is 4.68. The summed E-state index contributed by atoms with van der Waals surface area (Å²) in [7, 11) is 1.43. The van der Waals surface area contributed by atoms with Gasteiger partial charge in [-0.3, -0.25) is 9.69 Å². The van der Waals surface area contributed by atoms with Crippen molar-refractivity contribution in [1.82, 2.24) is 10.2 Å². The maximum absolute atomic E-state index is 11.2. The van der Waals surface area contributed by atoms with E-state index in [1.807, 2.05) is 6.92 Å². The molecule has 1 N–H and O–H groups in total. The molecule has 1 aliphatic heterocycles. The first kappa shape index (κ1) is 12.5. The molecular weight excluding hydrogens is 192 g/mol. The van der Waals surface area contributed by atoms with Gasteiger partial charge in [-0.15, -0.1) is 0 Å². The van der Waals surface area contributed by atoms with Crippen molar-refractivity contribution in [1.29, 1.82) is 0 Å². The van der Waals surface area contributed by atoms with E-state index >= 15 is 0 Å². The lowest BCUT2D eigenvalue weighted by Crippen LogP contribution is -2.43. The Morgan fingerprint density at radius 3 is 2.60 bits per heavy atom. The van der Waals surface area contributed by atoms with Crippen molar-refractivity contribution in [3.63, 3.8) is 0 Å². The highest BCUT2D eigenvalue weighted by molar-refractivity contribution is 5.75. The Kier molecular flexibility index (Phi) is 4.54. The summed E-state index contributed by atoms with van der Waals surface area (Å²) >= 11 is 0. The topological polar surface area (TPSA) is 41.6 Å². The summed E-state index contributed by atoms with van der Waals surface area (Å²) in [5.41, 5.74) is 0. The van der Waals surface area contributed by atoms with Crippen LogP contribution in [-0.2, 0) is 9.53 Å². The van der Waals surface area contributed by atoms with E-state index in [1.54, 1.807) is 0 Å². The van der Waals surface area contributed by atoms with Gasteiger partial charge >= 0.3 is 5.97 Å². The van der Waals surface area contributed by atoms with Crippen molar-refractivity contribution in [2.45, 2.75) is 45.3 Å². The van der Waals surface area contributed by atoms with Crippen LogP contribution in [0.25, 0.3) is 0 Å². The standard InChI is InChI=1S/C11H22N2O2/c1-8(2)13-6-5-10(7-13)12-9(3)11(14)15-4/h8-10,12H,5-7H2,1-4H3. The minimum absolute atomic E-state index is 0.182. The van der Waals surface area contributed by atoms with Crippen molar-refractivity contribution in [3.8, 4) is 0 Å². The molecular formula is C11H22N2O2. The van der Waals surface area contributed by atoms with Crippen molar-refractivity contribution in [2.24, 2.45) is 0 Å². The number of ether oxygens (including phenoxy) is 1. The van der Waals surface area contributed by atoms with E-state index in [1.165, 1.54) is 7.11 Å². The summed E-state index contributed by atoms with van der Waals surface area (Å²) in [6.45, 7) is 8.39. The van der Waals surface area contributed by atoms with Crippen LogP contribution < -0.4 is 5.32 Å². The number of rotatable bonds is 4. The molecule has 2 unspecified atom stereocenters. The Hall–Kier alpha value is -0.610. The zero-order valence-electron chi connectivity index (χ0n) is 10.1. The second-order valence-electron chi connectivity index (χ2n) is 4.49. The van der Waals surface area contributed by atoms with Gasteiger partial charge in [0, 0.05) is 18.6 Å². The second-order valence-corrected chi connectivity index (χ2v) is 4.49. The lowest BCUT2D eigenvalue weighted by molar-refractivity contribution is -0.142. The zero-order valence-corrected chi connectivity index (χ0v) is 10.1. The van der Waals surface area contributed by atoms with E-state index in [0.717, 1.165) is 19.5 Å². The van der Waals surface area contributed by atoms with Crippen LogP contribution in [0, 0.1) is 0 Å². The molecule has 1 heterocycles. The largest absolute Gasteiger partial charge is 0.468 e. The lowest BCUT2D eigenvalue weighted by atomic mass is 10.2. The van der Waals surface area contributed by atoms with Gasteiger partial charge in [-0.1, -0.05) is 0 Å². The molecule has 0 spiro atoms. The number of nitrogens with zero attached hydrogens (tertiary/aromatic N) is 1. The minimum atomic E-state index is -0.202. The molecule has 0 aromatic heterocycles. The number of esters is 1. The first-order chi connectivity index (χ1) is 7.04. The summed E-state index contributed by atoms with van der Waals surface area (Å²) in [6.07, 6.45) is 1.11. The summed E-state index contributed by atoms with van der Waals surface area (Å²) in [5, 5.41) is 3.30. The molecule has 1 saturated heterocycles. The molecule has 1 rings (SSSR count). The number of methoxy groups -OCH3 is 1. The van der Waals surface area contributed by atoms with Gasteiger partial charge < -0.3 is 10.1 Å². The molecule has 0 aromatic carbocycles. The van der Waals surface area contributed by atoms with Crippen molar-refractivity contribution in [2.75, 3.05) is 20.2 Å². The molecule has 15 heavy (non-hydrogen) atoms. The Balaban J connectivity index is 2.32. The van der Waals surface area contributed by atoms with Gasteiger partial charge in [0.25, 0.3) is 0 Å². The number of carbonyl (C=O) groups is 1. The Morgan fingerprint density at radius 2 is 2.13 bits per heavy atom. The SMILES string of the molecule is COC(=O)C(C)NC1CCN(C(C)C)C1. The molecule has 88 valence electrons. The third kappa shape index (κ3) is 3.47. The fourth-order valence-corrected chi connectivity index (χ4v) is 1.99. The molecule has 0 bridgehead atoms. The van der Waals surface area contributed by atoms with Crippen LogP contribution in [0.4, 0.5) is 0 Å². The maximum atomic E-state index is 11.2. The molecule has 0 aliphatic carbocycles. The fourth-order valence-electron chi connectivity index (χ4n) is 1.99. The Morgan fingerprint density at radius 1 is 1.47 bits per heavy atom. The van der Waals surface area contributed by atoms with Crippen LogP contribution in [-0.4, -0.2) is 49.2 Å². The summed E-state index contributed by atoms with van der Waals surface area (Å²) in [4.78, 5) is 13.6. The highest BCUT2D eigenvalue weighted by Gasteiger charge is 2.26. The lowest BCUT2D eigenvalue weighted by Gasteiger charge is -2.21. The quantitative estimate of drug-likeness (QED) is 0.697. The molecule has 4 heteroatoms. The smallest absolute Gasteiger partial charge is 0.322 e. The van der Waals surface area contributed by atoms with Gasteiger partial charge in [0.15, 0.2) is 0 Å². The molecule has 0 amide bonds. The van der Waals surface area contributed by atoms with Crippen molar-refractivity contribution in [3.05, 3.63) is 0 Å². The van der Waals surface area contributed by atoms with Crippen LogP contribution in [0.2, 0.25) is 0 Å². The summed E-state index contributed by atoms with van der Waals surface area (Å²) in [6, 6.07) is 0.804. The zero-order chi connectivity index (χ0) is 11.4. The van der Waals surface area contributed by atoms with E-state index < -0.39 is 0 Å². The normalized spacial score (nSPS) is 24.5. The molecule has 0 aromatic rings. The van der Waals surface area contributed by atoms with Gasteiger partial charge in [0.05, 0.1) is 7.11 Å². The Bertz CT molecular complexity index is 219. The van der Waals surface area contributed by atoms with Gasteiger partial charge in [-0.05, 0) is 33.7 Å². The fraction of sp³-hybridized carbons (Fsp3) is 0.909. The first-order valence-corrected chi connectivity index (χ1v) is 5.62. The average Bonchev–Trinajstić information content (AvgIpc) is 2.65. The molecule has 1 fully saturated rings. The van der Waals surface area contributed by atoms with Gasteiger partial charge in [-0.25, -0.2) is 0 Å². The Labute approximate surface area is 92.0 Å². The molecule has 0 radical (unpaired) electrons. The number of hydrogen-bond donors (Lipinski definition) is 1. The number of likely N-dealkylation sites (tertiary alicyclic amines) is 1. The molecule has 4 nitrogen and oxygen atoms in total. The van der Waals surface area contributed by atoms with Crippen LogP contribution >= 0.6 is 0 Å². The number of carbonyl (C=O) groups excluding carboxylic acids is 1. The second kappa shape index (κ2) is 5.47. The number of hydrogen-bond acceptors (Lipinski definition) is 4. The minimum Gasteiger partial charge on any atom is -0.468 e. The molecule has 2 atom stereocenters. The highest BCUT2D eigenvalue weighted by Crippen LogP contribution is 2.12. The van der Waals surface area contributed by atoms with Crippen molar-refractivity contribution >= 4 is 5.97 Å². The van der Waals surface area contributed by atoms with Gasteiger partial charge in [0.1, 0.15) is 6.04 Å². The predicted molar refractivity (Wildman–Crippen MR) is 59.7 cm³/mol. The van der Waals surface area contributed by atoms with E-state index in [0.29, 0.717) is 12.1 Å². The summed E-state index contributed by atoms with van der Waals surface area (Å²) in [5.74, 6) is -0.182. The highest BCUT2D eigenvalue weighted by atomic mass is 16.5. The van der Waals surface area contributed by atoms with E-state index in [9.17, 15) is 4.79 Å². The third-order valence-electron chi connectivity index (χ3n) is 2.99. The molecule has 0 saturated carbocycles. The monoisotopic (exact) mass is 214 g/mol.